The van der Waals surface area contributed by atoms with Gasteiger partial charge in [-0.1, -0.05) is 11.6 Å². The highest BCUT2D eigenvalue weighted by molar-refractivity contribution is 7.99. The van der Waals surface area contributed by atoms with Crippen molar-refractivity contribution in [2.45, 2.75) is 10.1 Å². The van der Waals surface area contributed by atoms with Crippen LogP contribution in [0.3, 0.4) is 0 Å². The molecule has 7 heteroatoms. The minimum atomic E-state index is -0.508. The number of nitrogens with two attached hydrogens (primary N) is 1. The van der Waals surface area contributed by atoms with Gasteiger partial charge in [0, 0.05) is 6.20 Å². The monoisotopic (exact) mass is 295 g/mol. The van der Waals surface area contributed by atoms with Gasteiger partial charge in [0.15, 0.2) is 0 Å². The van der Waals surface area contributed by atoms with Gasteiger partial charge in [-0.05, 0) is 36.0 Å². The summed E-state index contributed by atoms with van der Waals surface area (Å²) in [6.07, 6.45) is 1.53. The predicted octanol–water partition coefficient (Wildman–Crippen LogP) is 2.65. The molecule has 98 valence electrons. The Hall–Kier alpha value is -1.79. The van der Waals surface area contributed by atoms with Crippen LogP contribution >= 0.6 is 23.4 Å². The molecule has 0 saturated heterocycles. The van der Waals surface area contributed by atoms with E-state index in [1.165, 1.54) is 31.1 Å². The zero-order valence-corrected chi connectivity index (χ0v) is 11.5. The van der Waals surface area contributed by atoms with Crippen molar-refractivity contribution < 1.29 is 9.53 Å². The highest BCUT2D eigenvalue weighted by Crippen LogP contribution is 2.29. The standard InChI is InChI=1S/C12H10ClN3O2S/c1-18-12(17)9-4-3-8(14)11(16-9)19-10-5-2-7(13)6-15-10/h2-6H,14H2,1H3. The molecule has 2 heterocycles. The number of carbonyl (C=O) groups excluding carboxylic acids is 1. The van der Waals surface area contributed by atoms with E-state index in [2.05, 4.69) is 14.7 Å². The van der Waals surface area contributed by atoms with Gasteiger partial charge in [0.25, 0.3) is 0 Å². The Bertz CT molecular complexity index is 604. The van der Waals surface area contributed by atoms with Crippen LogP contribution < -0.4 is 5.73 Å². The summed E-state index contributed by atoms with van der Waals surface area (Å²) >= 11 is 7.01. The number of rotatable bonds is 3. The number of anilines is 1. The van der Waals surface area contributed by atoms with E-state index in [0.29, 0.717) is 20.8 Å². The summed E-state index contributed by atoms with van der Waals surface area (Å²) in [5.41, 5.74) is 6.49. The van der Waals surface area contributed by atoms with Crippen LogP contribution in [0.1, 0.15) is 10.5 Å². The lowest BCUT2D eigenvalue weighted by atomic mass is 10.3. The highest BCUT2D eigenvalue weighted by atomic mass is 35.5. The number of hydrogen-bond acceptors (Lipinski definition) is 6. The molecule has 2 aromatic heterocycles. The Kier molecular flexibility index (Phi) is 4.24. The summed E-state index contributed by atoms with van der Waals surface area (Å²) in [4.78, 5) is 19.7. The van der Waals surface area contributed by atoms with Crippen molar-refractivity contribution in [3.8, 4) is 0 Å². The molecule has 0 aliphatic carbocycles. The minimum absolute atomic E-state index is 0.202. The van der Waals surface area contributed by atoms with E-state index >= 15 is 0 Å². The second-order valence-electron chi connectivity index (χ2n) is 3.50. The number of nitrogen functional groups attached to an aromatic ring is 1. The number of methoxy groups -OCH3 is 1. The maximum absolute atomic E-state index is 11.4. The molecule has 0 atom stereocenters. The number of ether oxygens (including phenoxy) is 1. The molecule has 2 N–H and O–H groups in total. The average Bonchev–Trinajstić information content (AvgIpc) is 2.43. The van der Waals surface area contributed by atoms with Crippen LogP contribution in [0.25, 0.3) is 0 Å². The molecule has 2 aromatic rings. The molecule has 0 aliphatic rings. The van der Waals surface area contributed by atoms with Gasteiger partial charge in [0.1, 0.15) is 15.7 Å². The Morgan fingerprint density at radius 3 is 2.79 bits per heavy atom. The fourth-order valence-corrected chi connectivity index (χ4v) is 2.15. The first-order valence-corrected chi connectivity index (χ1v) is 6.44. The summed E-state index contributed by atoms with van der Waals surface area (Å²) < 4.78 is 4.61. The van der Waals surface area contributed by atoms with Crippen molar-refractivity contribution in [1.82, 2.24) is 9.97 Å². The van der Waals surface area contributed by atoms with Crippen LogP contribution in [0.4, 0.5) is 5.69 Å². The SMILES string of the molecule is COC(=O)c1ccc(N)c(Sc2ccc(Cl)cn2)n1. The zero-order chi connectivity index (χ0) is 13.8. The maximum Gasteiger partial charge on any atom is 0.356 e. The molecular weight excluding hydrogens is 286 g/mol. The Balaban J connectivity index is 2.28. The van der Waals surface area contributed by atoms with Gasteiger partial charge in [0.05, 0.1) is 17.8 Å². The van der Waals surface area contributed by atoms with Crippen molar-refractivity contribution >= 4 is 35.0 Å². The van der Waals surface area contributed by atoms with E-state index in [9.17, 15) is 4.79 Å². The lowest BCUT2D eigenvalue weighted by molar-refractivity contribution is 0.0593. The molecule has 0 saturated carbocycles. The molecule has 0 spiro atoms. The van der Waals surface area contributed by atoms with Crippen molar-refractivity contribution in [1.29, 1.82) is 0 Å². The average molecular weight is 296 g/mol. The van der Waals surface area contributed by atoms with E-state index in [4.69, 9.17) is 17.3 Å². The summed E-state index contributed by atoms with van der Waals surface area (Å²) in [5, 5.41) is 1.73. The molecule has 0 bridgehead atoms. The number of esters is 1. The summed E-state index contributed by atoms with van der Waals surface area (Å²) in [6.45, 7) is 0. The summed E-state index contributed by atoms with van der Waals surface area (Å²) in [7, 11) is 1.30. The zero-order valence-electron chi connectivity index (χ0n) is 9.96. The first-order valence-electron chi connectivity index (χ1n) is 5.24. The van der Waals surface area contributed by atoms with Crippen LogP contribution in [0, 0.1) is 0 Å². The van der Waals surface area contributed by atoms with Crippen LogP contribution in [0.15, 0.2) is 40.5 Å². The van der Waals surface area contributed by atoms with E-state index < -0.39 is 5.97 Å². The second-order valence-corrected chi connectivity index (χ2v) is 4.94. The smallest absolute Gasteiger partial charge is 0.356 e. The Labute approximate surface area is 119 Å². The largest absolute Gasteiger partial charge is 0.464 e. The molecule has 0 radical (unpaired) electrons. The molecule has 5 nitrogen and oxygen atoms in total. The Morgan fingerprint density at radius 1 is 1.37 bits per heavy atom. The topological polar surface area (TPSA) is 78.1 Å². The molecule has 19 heavy (non-hydrogen) atoms. The molecule has 0 fully saturated rings. The van der Waals surface area contributed by atoms with Gasteiger partial charge in [-0.25, -0.2) is 14.8 Å². The van der Waals surface area contributed by atoms with Crippen LogP contribution in [-0.2, 0) is 4.74 Å². The number of hydrogen-bond donors (Lipinski definition) is 1. The van der Waals surface area contributed by atoms with Gasteiger partial charge in [-0.3, -0.25) is 0 Å². The molecule has 0 unspecified atom stereocenters. The van der Waals surface area contributed by atoms with Crippen molar-refractivity contribution in [3.63, 3.8) is 0 Å². The molecule has 0 aromatic carbocycles. The molecule has 0 aliphatic heterocycles. The maximum atomic E-state index is 11.4. The third-order valence-electron chi connectivity index (χ3n) is 2.19. The second kappa shape index (κ2) is 5.90. The first-order chi connectivity index (χ1) is 9.10. The van der Waals surface area contributed by atoms with Crippen molar-refractivity contribution in [3.05, 3.63) is 41.2 Å². The number of pyridine rings is 2. The van der Waals surface area contributed by atoms with Crippen LogP contribution in [0.2, 0.25) is 5.02 Å². The quantitative estimate of drug-likeness (QED) is 0.877. The highest BCUT2D eigenvalue weighted by Gasteiger charge is 2.11. The third-order valence-corrected chi connectivity index (χ3v) is 3.38. The Morgan fingerprint density at radius 2 is 2.16 bits per heavy atom. The van der Waals surface area contributed by atoms with Crippen LogP contribution in [0.5, 0.6) is 0 Å². The van der Waals surface area contributed by atoms with E-state index in [1.54, 1.807) is 18.2 Å². The first kappa shape index (κ1) is 13.6. The summed E-state index contributed by atoms with van der Waals surface area (Å²) in [6, 6.07) is 6.59. The lowest BCUT2D eigenvalue weighted by Crippen LogP contribution is -2.06. The van der Waals surface area contributed by atoms with E-state index in [-0.39, 0.29) is 5.69 Å². The summed E-state index contributed by atoms with van der Waals surface area (Å²) in [5.74, 6) is -0.508. The normalized spacial score (nSPS) is 10.2. The number of halogens is 1. The fourth-order valence-electron chi connectivity index (χ4n) is 1.27. The van der Waals surface area contributed by atoms with Crippen molar-refractivity contribution in [2.24, 2.45) is 0 Å². The van der Waals surface area contributed by atoms with E-state index in [1.807, 2.05) is 0 Å². The molecule has 0 amide bonds. The van der Waals surface area contributed by atoms with E-state index in [0.717, 1.165) is 0 Å². The number of nitrogens with zero attached hydrogens (tertiary/aromatic N) is 2. The third kappa shape index (κ3) is 3.36. The van der Waals surface area contributed by atoms with Crippen LogP contribution in [-0.4, -0.2) is 23.0 Å². The van der Waals surface area contributed by atoms with Gasteiger partial charge in [-0.15, -0.1) is 0 Å². The molecule has 2 rings (SSSR count). The lowest BCUT2D eigenvalue weighted by Gasteiger charge is -2.06. The van der Waals surface area contributed by atoms with Gasteiger partial charge >= 0.3 is 5.97 Å². The van der Waals surface area contributed by atoms with Crippen molar-refractivity contribution in [2.75, 3.05) is 12.8 Å². The minimum Gasteiger partial charge on any atom is -0.464 e. The predicted molar refractivity (Wildman–Crippen MR) is 73.4 cm³/mol. The van der Waals surface area contributed by atoms with Gasteiger partial charge < -0.3 is 10.5 Å². The van der Waals surface area contributed by atoms with Gasteiger partial charge in [0.2, 0.25) is 0 Å². The number of aromatic nitrogens is 2. The fraction of sp³-hybridized carbons (Fsp3) is 0.0833. The number of carbonyl (C=O) groups is 1. The van der Waals surface area contributed by atoms with Gasteiger partial charge in [-0.2, -0.15) is 0 Å². The molecular formula is C12H10ClN3O2S.